The van der Waals surface area contributed by atoms with Crippen LogP contribution in [0.25, 0.3) is 0 Å². The first-order valence-electron chi connectivity index (χ1n) is 8.99. The Morgan fingerprint density at radius 2 is 1.50 bits per heavy atom. The van der Waals surface area contributed by atoms with Gasteiger partial charge in [-0.15, -0.1) is 11.8 Å². The molecule has 150 valence electrons. The summed E-state index contributed by atoms with van der Waals surface area (Å²) in [4.78, 5) is 28.0. The molecule has 0 radical (unpaired) electrons. The van der Waals surface area contributed by atoms with Crippen LogP contribution in [0.15, 0.2) is 53.4 Å². The topological polar surface area (TPSA) is 49.4 Å². The van der Waals surface area contributed by atoms with Crippen molar-refractivity contribution < 1.29 is 9.59 Å². The maximum atomic E-state index is 13.0. The van der Waals surface area contributed by atoms with Gasteiger partial charge in [-0.3, -0.25) is 9.59 Å². The lowest BCUT2D eigenvalue weighted by Gasteiger charge is -2.29. The molecule has 0 bridgehead atoms. The molecule has 0 fully saturated rings. The quantitative estimate of drug-likeness (QED) is 0.587. The highest BCUT2D eigenvalue weighted by Gasteiger charge is 2.26. The maximum absolute atomic E-state index is 13.0. The Kier molecular flexibility index (Phi) is 8.67. The molecule has 2 amide bonds. The van der Waals surface area contributed by atoms with Crippen molar-refractivity contribution in [1.29, 1.82) is 0 Å². The number of carbonyl (C=O) groups excluding carboxylic acids is 2. The summed E-state index contributed by atoms with van der Waals surface area (Å²) in [5.74, 6) is -0.0516. The van der Waals surface area contributed by atoms with E-state index < -0.39 is 6.04 Å². The van der Waals surface area contributed by atoms with E-state index in [1.165, 1.54) is 11.8 Å². The van der Waals surface area contributed by atoms with E-state index in [0.717, 1.165) is 10.5 Å². The van der Waals surface area contributed by atoms with E-state index in [1.807, 2.05) is 38.1 Å². The summed E-state index contributed by atoms with van der Waals surface area (Å²) >= 11 is 13.3. The molecule has 2 aromatic carbocycles. The largest absolute Gasteiger partial charge is 0.352 e. The fourth-order valence-corrected chi connectivity index (χ4v) is 3.57. The Hall–Kier alpha value is -1.69. The summed E-state index contributed by atoms with van der Waals surface area (Å²) in [6.45, 7) is 5.88. The van der Waals surface area contributed by atoms with Crippen molar-refractivity contribution in [3.63, 3.8) is 0 Å². The van der Waals surface area contributed by atoms with Crippen LogP contribution in [-0.2, 0) is 16.1 Å². The summed E-state index contributed by atoms with van der Waals surface area (Å²) in [6.07, 6.45) is 0. The molecule has 2 aromatic rings. The lowest BCUT2D eigenvalue weighted by Crippen LogP contribution is -2.49. The highest BCUT2D eigenvalue weighted by molar-refractivity contribution is 8.00. The fourth-order valence-electron chi connectivity index (χ4n) is 2.53. The van der Waals surface area contributed by atoms with Gasteiger partial charge in [0.2, 0.25) is 11.8 Å². The molecular weight excluding hydrogens is 415 g/mol. The number of rotatable bonds is 8. The Morgan fingerprint density at radius 3 is 2.04 bits per heavy atom. The van der Waals surface area contributed by atoms with Gasteiger partial charge in [-0.1, -0.05) is 35.3 Å². The minimum absolute atomic E-state index is 0.00544. The minimum atomic E-state index is -0.587. The van der Waals surface area contributed by atoms with Gasteiger partial charge >= 0.3 is 0 Å². The van der Waals surface area contributed by atoms with Crippen LogP contribution in [-0.4, -0.2) is 34.6 Å². The van der Waals surface area contributed by atoms with Crippen LogP contribution in [0.5, 0.6) is 0 Å². The van der Waals surface area contributed by atoms with E-state index >= 15 is 0 Å². The number of thioether (sulfide) groups is 1. The van der Waals surface area contributed by atoms with Gasteiger partial charge in [0.25, 0.3) is 0 Å². The summed E-state index contributed by atoms with van der Waals surface area (Å²) in [7, 11) is 0. The van der Waals surface area contributed by atoms with Crippen molar-refractivity contribution in [1.82, 2.24) is 10.2 Å². The number of nitrogens with zero attached hydrogens (tertiary/aromatic N) is 1. The molecule has 0 spiro atoms. The average Bonchev–Trinajstić information content (AvgIpc) is 2.65. The van der Waals surface area contributed by atoms with Gasteiger partial charge in [-0.05, 0) is 62.7 Å². The number of hydrogen-bond donors (Lipinski definition) is 1. The number of carbonyl (C=O) groups is 2. The Morgan fingerprint density at radius 1 is 0.964 bits per heavy atom. The molecule has 0 aliphatic carbocycles. The third kappa shape index (κ3) is 7.04. The third-order valence-corrected chi connectivity index (χ3v) is 5.54. The molecule has 28 heavy (non-hydrogen) atoms. The molecule has 0 saturated heterocycles. The summed E-state index contributed by atoms with van der Waals surface area (Å²) in [5, 5.41) is 4.16. The van der Waals surface area contributed by atoms with Crippen molar-refractivity contribution in [3.8, 4) is 0 Å². The number of benzene rings is 2. The molecule has 7 heteroatoms. The zero-order valence-electron chi connectivity index (χ0n) is 16.1. The van der Waals surface area contributed by atoms with Crippen LogP contribution in [0.2, 0.25) is 10.0 Å². The van der Waals surface area contributed by atoms with Crippen LogP contribution in [0.1, 0.15) is 26.3 Å². The van der Waals surface area contributed by atoms with Gasteiger partial charge in [-0.25, -0.2) is 0 Å². The van der Waals surface area contributed by atoms with Crippen molar-refractivity contribution in [2.75, 3.05) is 5.75 Å². The lowest BCUT2D eigenvalue weighted by molar-refractivity contribution is -0.138. The molecule has 0 heterocycles. The van der Waals surface area contributed by atoms with Gasteiger partial charge in [0.05, 0.1) is 5.75 Å². The Balaban J connectivity index is 2.12. The fraction of sp³-hybridized carbons (Fsp3) is 0.333. The van der Waals surface area contributed by atoms with E-state index in [4.69, 9.17) is 23.2 Å². The SMILES string of the molecule is CC(C)NC(=O)[C@@H](C)N(Cc1ccc(Cl)cc1)C(=O)CSc1ccc(Cl)cc1. The smallest absolute Gasteiger partial charge is 0.242 e. The van der Waals surface area contributed by atoms with Gasteiger partial charge < -0.3 is 10.2 Å². The van der Waals surface area contributed by atoms with Crippen molar-refractivity contribution in [2.24, 2.45) is 0 Å². The first kappa shape index (κ1) is 22.6. The Bertz CT molecular complexity index is 795. The van der Waals surface area contributed by atoms with Crippen molar-refractivity contribution in [3.05, 3.63) is 64.1 Å². The van der Waals surface area contributed by atoms with Gasteiger partial charge in [-0.2, -0.15) is 0 Å². The molecule has 0 aliphatic rings. The zero-order chi connectivity index (χ0) is 20.7. The van der Waals surface area contributed by atoms with Crippen LogP contribution >= 0.6 is 35.0 Å². The lowest BCUT2D eigenvalue weighted by atomic mass is 10.1. The second-order valence-electron chi connectivity index (χ2n) is 6.73. The molecule has 2 rings (SSSR count). The third-order valence-electron chi connectivity index (χ3n) is 4.04. The van der Waals surface area contributed by atoms with Gasteiger partial charge in [0.1, 0.15) is 6.04 Å². The Labute approximate surface area is 180 Å². The van der Waals surface area contributed by atoms with Crippen LogP contribution in [0.4, 0.5) is 0 Å². The number of hydrogen-bond acceptors (Lipinski definition) is 3. The van der Waals surface area contributed by atoms with Crippen molar-refractivity contribution >= 4 is 46.8 Å². The summed E-state index contributed by atoms with van der Waals surface area (Å²) in [5.41, 5.74) is 0.915. The molecule has 0 saturated carbocycles. The van der Waals surface area contributed by atoms with Crippen molar-refractivity contribution in [2.45, 2.75) is 44.3 Å². The number of amides is 2. The molecule has 0 aromatic heterocycles. The first-order chi connectivity index (χ1) is 13.3. The van der Waals surface area contributed by atoms with E-state index in [0.29, 0.717) is 16.6 Å². The van der Waals surface area contributed by atoms with E-state index in [2.05, 4.69) is 5.32 Å². The second-order valence-corrected chi connectivity index (χ2v) is 8.65. The molecule has 1 N–H and O–H groups in total. The summed E-state index contributed by atoms with van der Waals surface area (Å²) in [6, 6.07) is 14.0. The minimum Gasteiger partial charge on any atom is -0.352 e. The predicted octanol–water partition coefficient (Wildman–Crippen LogP) is 5.03. The maximum Gasteiger partial charge on any atom is 0.242 e. The van der Waals surface area contributed by atoms with Gasteiger partial charge in [0, 0.05) is 27.5 Å². The predicted molar refractivity (Wildman–Crippen MR) is 117 cm³/mol. The molecule has 0 aliphatic heterocycles. The first-order valence-corrected chi connectivity index (χ1v) is 10.7. The highest BCUT2D eigenvalue weighted by atomic mass is 35.5. The number of halogens is 2. The molecule has 1 atom stereocenters. The van der Waals surface area contributed by atoms with Crippen LogP contribution < -0.4 is 5.32 Å². The standard InChI is InChI=1S/C21H24Cl2N2O2S/c1-14(2)24-21(27)15(3)25(12-16-4-6-17(22)7-5-16)20(26)13-28-19-10-8-18(23)9-11-19/h4-11,14-15H,12-13H2,1-3H3,(H,24,27)/t15-/m1/s1. The zero-order valence-corrected chi connectivity index (χ0v) is 18.4. The van der Waals surface area contributed by atoms with Gasteiger partial charge in [0.15, 0.2) is 0 Å². The molecular formula is C21H24Cl2N2O2S. The van der Waals surface area contributed by atoms with Crippen LogP contribution in [0.3, 0.4) is 0 Å². The average molecular weight is 439 g/mol. The van der Waals surface area contributed by atoms with E-state index in [-0.39, 0.29) is 23.6 Å². The molecule has 4 nitrogen and oxygen atoms in total. The monoisotopic (exact) mass is 438 g/mol. The van der Waals surface area contributed by atoms with E-state index in [1.54, 1.807) is 36.1 Å². The van der Waals surface area contributed by atoms with E-state index in [9.17, 15) is 9.59 Å². The highest BCUT2D eigenvalue weighted by Crippen LogP contribution is 2.22. The number of nitrogens with one attached hydrogen (secondary N) is 1. The second kappa shape index (κ2) is 10.7. The molecule has 0 unspecified atom stereocenters. The van der Waals surface area contributed by atoms with Crippen LogP contribution in [0, 0.1) is 0 Å². The summed E-state index contributed by atoms with van der Waals surface area (Å²) < 4.78 is 0. The normalized spacial score (nSPS) is 11.9.